The van der Waals surface area contributed by atoms with Crippen LogP contribution in [0.4, 0.5) is 0 Å². The molecule has 4 nitrogen and oxygen atoms in total. The maximum atomic E-state index is 11.6. The molecule has 1 aliphatic carbocycles. The molecule has 4 heteroatoms. The lowest BCUT2D eigenvalue weighted by atomic mass is 10.1. The highest BCUT2D eigenvalue weighted by Gasteiger charge is 2.20. The van der Waals surface area contributed by atoms with Crippen LogP contribution in [0, 0.1) is 5.92 Å². The fourth-order valence-corrected chi connectivity index (χ4v) is 1.95. The summed E-state index contributed by atoms with van der Waals surface area (Å²) in [6.07, 6.45) is 5.84. The molecule has 1 amide bonds. The molecule has 0 saturated heterocycles. The summed E-state index contributed by atoms with van der Waals surface area (Å²) >= 11 is 0. The van der Waals surface area contributed by atoms with E-state index in [0.717, 1.165) is 12.5 Å². The van der Waals surface area contributed by atoms with E-state index in [0.29, 0.717) is 13.0 Å². The molecule has 17 heavy (non-hydrogen) atoms. The predicted octanol–water partition coefficient (Wildman–Crippen LogP) is 1.01. The standard InChI is InChI=1S/C13H27N3O/c1-10(2)16-13(17)8-12(9-14)15-7-3-4-11-5-6-11/h10-12,15H,3-9,14H2,1-2H3,(H,16,17). The van der Waals surface area contributed by atoms with Crippen LogP contribution < -0.4 is 16.4 Å². The van der Waals surface area contributed by atoms with E-state index in [2.05, 4.69) is 10.6 Å². The number of nitrogens with one attached hydrogen (secondary N) is 2. The van der Waals surface area contributed by atoms with Gasteiger partial charge < -0.3 is 16.4 Å². The normalized spacial score (nSPS) is 17.2. The van der Waals surface area contributed by atoms with E-state index in [4.69, 9.17) is 5.73 Å². The molecular weight excluding hydrogens is 214 g/mol. The van der Waals surface area contributed by atoms with E-state index in [1.165, 1.54) is 25.7 Å². The SMILES string of the molecule is CC(C)NC(=O)CC(CN)NCCCC1CC1. The molecule has 0 radical (unpaired) electrons. The van der Waals surface area contributed by atoms with Crippen LogP contribution in [0.2, 0.25) is 0 Å². The minimum atomic E-state index is 0.0881. The second kappa shape index (κ2) is 7.67. The van der Waals surface area contributed by atoms with Gasteiger partial charge in [0.15, 0.2) is 0 Å². The molecule has 100 valence electrons. The van der Waals surface area contributed by atoms with E-state index in [1.54, 1.807) is 0 Å². The molecule has 1 saturated carbocycles. The van der Waals surface area contributed by atoms with Crippen LogP contribution in [0.1, 0.15) is 46.0 Å². The first-order valence-corrected chi connectivity index (χ1v) is 6.84. The molecule has 1 unspecified atom stereocenters. The number of hydrogen-bond acceptors (Lipinski definition) is 3. The van der Waals surface area contributed by atoms with Crippen molar-refractivity contribution >= 4 is 5.91 Å². The molecule has 1 rings (SSSR count). The van der Waals surface area contributed by atoms with Gasteiger partial charge in [-0.2, -0.15) is 0 Å². The summed E-state index contributed by atoms with van der Waals surface area (Å²) in [6, 6.07) is 0.323. The Morgan fingerprint density at radius 3 is 2.65 bits per heavy atom. The van der Waals surface area contributed by atoms with E-state index in [9.17, 15) is 4.79 Å². The quantitative estimate of drug-likeness (QED) is 0.528. The van der Waals surface area contributed by atoms with Crippen LogP contribution in [0.15, 0.2) is 0 Å². The lowest BCUT2D eigenvalue weighted by Gasteiger charge is -2.17. The lowest BCUT2D eigenvalue weighted by Crippen LogP contribution is -2.42. The van der Waals surface area contributed by atoms with E-state index in [-0.39, 0.29) is 18.0 Å². The Bertz CT molecular complexity index is 227. The van der Waals surface area contributed by atoms with Crippen molar-refractivity contribution in [3.63, 3.8) is 0 Å². The zero-order chi connectivity index (χ0) is 12.7. The van der Waals surface area contributed by atoms with Crippen molar-refractivity contribution < 1.29 is 4.79 Å². The van der Waals surface area contributed by atoms with Gasteiger partial charge in [-0.15, -0.1) is 0 Å². The molecule has 4 N–H and O–H groups in total. The Labute approximate surface area is 105 Å². The highest BCUT2D eigenvalue weighted by atomic mass is 16.1. The first kappa shape index (κ1) is 14.5. The van der Waals surface area contributed by atoms with Crippen molar-refractivity contribution in [1.29, 1.82) is 0 Å². The number of nitrogens with two attached hydrogens (primary N) is 1. The number of carbonyl (C=O) groups excluding carboxylic acids is 1. The van der Waals surface area contributed by atoms with Crippen LogP contribution in [0.3, 0.4) is 0 Å². The first-order valence-electron chi connectivity index (χ1n) is 6.84. The van der Waals surface area contributed by atoms with E-state index in [1.807, 2.05) is 13.8 Å². The van der Waals surface area contributed by atoms with E-state index < -0.39 is 0 Å². The van der Waals surface area contributed by atoms with Crippen LogP contribution in [0.5, 0.6) is 0 Å². The number of rotatable bonds is 9. The molecule has 0 aromatic carbocycles. The van der Waals surface area contributed by atoms with Gasteiger partial charge in [0.05, 0.1) is 0 Å². The minimum Gasteiger partial charge on any atom is -0.354 e. The zero-order valence-electron chi connectivity index (χ0n) is 11.2. The average Bonchev–Trinajstić information content (AvgIpc) is 3.05. The van der Waals surface area contributed by atoms with Crippen LogP contribution in [0.25, 0.3) is 0 Å². The molecule has 0 aromatic rings. The summed E-state index contributed by atoms with van der Waals surface area (Å²) in [7, 11) is 0. The molecule has 1 atom stereocenters. The van der Waals surface area contributed by atoms with Crippen molar-refractivity contribution in [3.8, 4) is 0 Å². The third kappa shape index (κ3) is 7.34. The van der Waals surface area contributed by atoms with Crippen molar-refractivity contribution in [2.75, 3.05) is 13.1 Å². The number of hydrogen-bond donors (Lipinski definition) is 3. The average molecular weight is 241 g/mol. The van der Waals surface area contributed by atoms with Gasteiger partial charge >= 0.3 is 0 Å². The van der Waals surface area contributed by atoms with Crippen molar-refractivity contribution in [3.05, 3.63) is 0 Å². The van der Waals surface area contributed by atoms with Crippen molar-refractivity contribution in [1.82, 2.24) is 10.6 Å². The molecule has 0 aliphatic heterocycles. The second-order valence-corrected chi connectivity index (χ2v) is 5.40. The van der Waals surface area contributed by atoms with E-state index >= 15 is 0 Å². The summed E-state index contributed by atoms with van der Waals surface area (Å²) in [4.78, 5) is 11.6. The Hall–Kier alpha value is -0.610. The summed E-state index contributed by atoms with van der Waals surface area (Å²) in [5.41, 5.74) is 5.66. The largest absolute Gasteiger partial charge is 0.354 e. The summed E-state index contributed by atoms with van der Waals surface area (Å²) < 4.78 is 0. The third-order valence-corrected chi connectivity index (χ3v) is 3.09. The summed E-state index contributed by atoms with van der Waals surface area (Å²) in [6.45, 7) is 5.44. The maximum absolute atomic E-state index is 11.6. The Morgan fingerprint density at radius 1 is 1.41 bits per heavy atom. The van der Waals surface area contributed by atoms with Gasteiger partial charge in [-0.1, -0.05) is 12.8 Å². The monoisotopic (exact) mass is 241 g/mol. The fourth-order valence-electron chi connectivity index (χ4n) is 1.95. The molecule has 0 bridgehead atoms. The smallest absolute Gasteiger partial charge is 0.221 e. The first-order chi connectivity index (χ1) is 8.11. The van der Waals surface area contributed by atoms with Gasteiger partial charge in [0.1, 0.15) is 0 Å². The lowest BCUT2D eigenvalue weighted by molar-refractivity contribution is -0.122. The highest BCUT2D eigenvalue weighted by Crippen LogP contribution is 2.33. The maximum Gasteiger partial charge on any atom is 0.221 e. The van der Waals surface area contributed by atoms with Gasteiger partial charge in [0.2, 0.25) is 5.91 Å². The third-order valence-electron chi connectivity index (χ3n) is 3.09. The molecule has 1 fully saturated rings. The van der Waals surface area contributed by atoms with Gasteiger partial charge in [-0.05, 0) is 39.2 Å². The Kier molecular flexibility index (Phi) is 6.52. The van der Waals surface area contributed by atoms with Crippen LogP contribution >= 0.6 is 0 Å². The molecular formula is C13H27N3O. The molecule has 1 aliphatic rings. The molecule has 0 spiro atoms. The zero-order valence-corrected chi connectivity index (χ0v) is 11.2. The van der Waals surface area contributed by atoms with Gasteiger partial charge in [0.25, 0.3) is 0 Å². The number of amides is 1. The van der Waals surface area contributed by atoms with Gasteiger partial charge in [-0.25, -0.2) is 0 Å². The topological polar surface area (TPSA) is 67.2 Å². The fraction of sp³-hybridized carbons (Fsp3) is 0.923. The number of carbonyl (C=O) groups is 1. The summed E-state index contributed by atoms with van der Waals surface area (Å²) in [5.74, 6) is 1.07. The second-order valence-electron chi connectivity index (χ2n) is 5.40. The van der Waals surface area contributed by atoms with Crippen LogP contribution in [-0.4, -0.2) is 31.1 Å². The molecule has 0 heterocycles. The van der Waals surface area contributed by atoms with Gasteiger partial charge in [-0.3, -0.25) is 4.79 Å². The Balaban J connectivity index is 2.06. The van der Waals surface area contributed by atoms with Crippen molar-refractivity contribution in [2.45, 2.75) is 58.0 Å². The summed E-state index contributed by atoms with van der Waals surface area (Å²) in [5, 5.41) is 6.26. The molecule has 0 aromatic heterocycles. The van der Waals surface area contributed by atoms with Crippen molar-refractivity contribution in [2.24, 2.45) is 11.7 Å². The Morgan fingerprint density at radius 2 is 2.12 bits per heavy atom. The van der Waals surface area contributed by atoms with Gasteiger partial charge in [0, 0.05) is 25.0 Å². The minimum absolute atomic E-state index is 0.0881. The highest BCUT2D eigenvalue weighted by molar-refractivity contribution is 5.76. The van der Waals surface area contributed by atoms with Crippen LogP contribution in [-0.2, 0) is 4.79 Å². The predicted molar refractivity (Wildman–Crippen MR) is 70.7 cm³/mol.